The third-order valence-electron chi connectivity index (χ3n) is 6.75. The Hall–Kier alpha value is -3.43. The number of carbonyl (C=O) groups is 5. The Labute approximate surface area is 242 Å². The minimum absolute atomic E-state index is 0.0545. The molecular formula is C22H22F14N2O7. The second-order valence-corrected chi connectivity index (χ2v) is 9.79. The molecule has 2 unspecified atom stereocenters. The van der Waals surface area contributed by atoms with E-state index in [1.165, 1.54) is 6.92 Å². The number of barbiturate groups is 1. The Morgan fingerprint density at radius 2 is 1.11 bits per heavy atom. The molecule has 1 heterocycles. The molecule has 0 aromatic rings. The molecule has 0 aromatic carbocycles. The SMILES string of the molecule is CCCC(C)C1(CC(COC(=O)C(F)(F)C(F)(F)C(F)(F)F)OC(=O)C(F)(F)C(F)(F)C(F)(F)F)C(=O)N(C)C(=O)N(C)C1=O. The van der Waals surface area contributed by atoms with Gasteiger partial charge in [-0.15, -0.1) is 0 Å². The zero-order valence-electron chi connectivity index (χ0n) is 23.0. The van der Waals surface area contributed by atoms with Gasteiger partial charge in [0, 0.05) is 20.5 Å². The monoisotopic (exact) mass is 692 g/mol. The smallest absolute Gasteiger partial charge is 0.457 e. The van der Waals surface area contributed by atoms with Gasteiger partial charge in [0.15, 0.2) is 0 Å². The topological polar surface area (TPSA) is 110 Å². The van der Waals surface area contributed by atoms with Gasteiger partial charge in [-0.25, -0.2) is 14.4 Å². The van der Waals surface area contributed by atoms with Crippen LogP contribution in [0.2, 0.25) is 0 Å². The van der Waals surface area contributed by atoms with Crippen molar-refractivity contribution in [3.05, 3.63) is 0 Å². The maximum absolute atomic E-state index is 14.0. The lowest BCUT2D eigenvalue weighted by molar-refractivity contribution is -0.350. The number of halogens is 14. The number of esters is 2. The zero-order valence-corrected chi connectivity index (χ0v) is 23.0. The van der Waals surface area contributed by atoms with E-state index >= 15 is 0 Å². The molecule has 1 fully saturated rings. The molecule has 45 heavy (non-hydrogen) atoms. The molecule has 1 saturated heterocycles. The lowest BCUT2D eigenvalue weighted by atomic mass is 9.67. The summed E-state index contributed by atoms with van der Waals surface area (Å²) in [7, 11) is 1.44. The van der Waals surface area contributed by atoms with E-state index in [0.717, 1.165) is 21.0 Å². The van der Waals surface area contributed by atoms with Crippen molar-refractivity contribution in [1.82, 2.24) is 9.80 Å². The highest BCUT2D eigenvalue weighted by molar-refractivity contribution is 6.19. The van der Waals surface area contributed by atoms with E-state index in [4.69, 9.17) is 0 Å². The van der Waals surface area contributed by atoms with Crippen molar-refractivity contribution in [2.75, 3.05) is 20.7 Å². The minimum Gasteiger partial charge on any atom is -0.457 e. The standard InChI is InChI=1S/C22H22F14N2O7/c1-5-6-9(2)16(11(39)37(3)15(43)38(4)12(16)40)7-10(45-14(42)18(25,26)20(29,30)22(34,35)36)8-44-13(41)17(23,24)19(27,28)21(31,32)33/h9-10H,5-8H2,1-4H3. The molecule has 0 bridgehead atoms. The normalized spacial score (nSPS) is 18.6. The van der Waals surface area contributed by atoms with E-state index in [1.807, 2.05) is 0 Å². The first-order valence-electron chi connectivity index (χ1n) is 12.0. The highest BCUT2D eigenvalue weighted by Crippen LogP contribution is 2.49. The van der Waals surface area contributed by atoms with Crippen molar-refractivity contribution < 1.29 is 94.9 Å². The average molecular weight is 692 g/mol. The molecule has 1 aliphatic rings. The second kappa shape index (κ2) is 12.4. The van der Waals surface area contributed by atoms with Crippen LogP contribution in [0.25, 0.3) is 0 Å². The lowest BCUT2D eigenvalue weighted by Gasteiger charge is -2.46. The summed E-state index contributed by atoms with van der Waals surface area (Å²) in [6, 6.07) is -1.35. The fraction of sp³-hybridized carbons (Fsp3) is 0.773. The third-order valence-corrected chi connectivity index (χ3v) is 6.75. The Morgan fingerprint density at radius 1 is 0.733 bits per heavy atom. The van der Waals surface area contributed by atoms with Crippen molar-refractivity contribution in [2.24, 2.45) is 11.3 Å². The van der Waals surface area contributed by atoms with E-state index in [0.29, 0.717) is 0 Å². The van der Waals surface area contributed by atoms with Gasteiger partial charge in [-0.1, -0.05) is 20.3 Å². The number of amides is 4. The van der Waals surface area contributed by atoms with Gasteiger partial charge in [0.25, 0.3) is 0 Å². The molecule has 0 saturated carbocycles. The maximum atomic E-state index is 14.0. The predicted octanol–water partition coefficient (Wildman–Crippen LogP) is 4.97. The number of carbonyl (C=O) groups excluding carboxylic acids is 5. The summed E-state index contributed by atoms with van der Waals surface area (Å²) >= 11 is 0. The molecule has 9 nitrogen and oxygen atoms in total. The number of nitrogens with zero attached hydrogens (tertiary/aromatic N) is 2. The molecular weight excluding hydrogens is 670 g/mol. The van der Waals surface area contributed by atoms with Crippen LogP contribution in [-0.2, 0) is 28.7 Å². The second-order valence-electron chi connectivity index (χ2n) is 9.79. The highest BCUT2D eigenvalue weighted by atomic mass is 19.4. The highest BCUT2D eigenvalue weighted by Gasteiger charge is 2.78. The summed E-state index contributed by atoms with van der Waals surface area (Å²) in [5, 5.41) is 0. The van der Waals surface area contributed by atoms with Crippen LogP contribution < -0.4 is 0 Å². The first kappa shape index (κ1) is 39.6. The van der Waals surface area contributed by atoms with E-state index in [1.54, 1.807) is 0 Å². The lowest BCUT2D eigenvalue weighted by Crippen LogP contribution is -2.66. The Bertz CT molecular complexity index is 1160. The van der Waals surface area contributed by atoms with Crippen molar-refractivity contribution in [3.8, 4) is 0 Å². The van der Waals surface area contributed by atoms with Crippen LogP contribution in [0.3, 0.4) is 0 Å². The number of hydrogen-bond donors (Lipinski definition) is 0. The zero-order chi connectivity index (χ0) is 35.9. The van der Waals surface area contributed by atoms with Crippen molar-refractivity contribution in [2.45, 2.75) is 75.3 Å². The van der Waals surface area contributed by atoms with Gasteiger partial charge in [-0.2, -0.15) is 61.5 Å². The quantitative estimate of drug-likeness (QED) is 0.162. The molecule has 260 valence electrons. The van der Waals surface area contributed by atoms with Crippen LogP contribution in [0, 0.1) is 11.3 Å². The fourth-order valence-electron chi connectivity index (χ4n) is 4.16. The van der Waals surface area contributed by atoms with Crippen LogP contribution in [0.5, 0.6) is 0 Å². The van der Waals surface area contributed by atoms with Crippen LogP contribution >= 0.6 is 0 Å². The van der Waals surface area contributed by atoms with E-state index in [9.17, 15) is 85.4 Å². The van der Waals surface area contributed by atoms with E-state index in [2.05, 4.69) is 9.47 Å². The van der Waals surface area contributed by atoms with Gasteiger partial charge in [0.2, 0.25) is 11.8 Å². The van der Waals surface area contributed by atoms with E-state index < -0.39 is 96.3 Å². The molecule has 0 spiro atoms. The summed E-state index contributed by atoms with van der Waals surface area (Å²) in [4.78, 5) is 62.6. The van der Waals surface area contributed by atoms with Crippen LogP contribution in [0.1, 0.15) is 33.1 Å². The molecule has 1 rings (SSSR count). The van der Waals surface area contributed by atoms with Gasteiger partial charge in [0.1, 0.15) is 18.1 Å². The summed E-state index contributed by atoms with van der Waals surface area (Å²) in [6.07, 6.45) is -19.4. The van der Waals surface area contributed by atoms with Gasteiger partial charge in [0.05, 0.1) is 0 Å². The number of hydrogen-bond acceptors (Lipinski definition) is 7. The number of rotatable bonds is 12. The van der Waals surface area contributed by atoms with Crippen molar-refractivity contribution >= 4 is 29.8 Å². The molecule has 23 heteroatoms. The predicted molar refractivity (Wildman–Crippen MR) is 115 cm³/mol. The average Bonchev–Trinajstić information content (AvgIpc) is 2.89. The Kier molecular flexibility index (Phi) is 10.9. The molecule has 0 aliphatic carbocycles. The summed E-state index contributed by atoms with van der Waals surface area (Å²) in [6.45, 7) is 0.0823. The van der Waals surface area contributed by atoms with Crippen molar-refractivity contribution in [3.63, 3.8) is 0 Å². The largest absolute Gasteiger partial charge is 0.460 e. The Morgan fingerprint density at radius 3 is 1.47 bits per heavy atom. The summed E-state index contributed by atoms with van der Waals surface area (Å²) in [5.41, 5.74) is -2.87. The number of urea groups is 1. The maximum Gasteiger partial charge on any atom is 0.460 e. The molecule has 0 radical (unpaired) electrons. The van der Waals surface area contributed by atoms with Crippen LogP contribution in [-0.4, -0.2) is 102 Å². The van der Waals surface area contributed by atoms with Gasteiger partial charge in [-0.05, 0) is 12.3 Å². The van der Waals surface area contributed by atoms with Gasteiger partial charge >= 0.3 is 54.0 Å². The van der Waals surface area contributed by atoms with E-state index in [-0.39, 0.29) is 22.6 Å². The minimum atomic E-state index is -7.21. The summed E-state index contributed by atoms with van der Waals surface area (Å²) < 4.78 is 191. The molecule has 4 amide bonds. The third kappa shape index (κ3) is 6.61. The van der Waals surface area contributed by atoms with Gasteiger partial charge in [-0.3, -0.25) is 19.4 Å². The molecule has 2 atom stereocenters. The molecule has 0 aromatic heterocycles. The van der Waals surface area contributed by atoms with Crippen molar-refractivity contribution in [1.29, 1.82) is 0 Å². The van der Waals surface area contributed by atoms with Gasteiger partial charge < -0.3 is 9.47 Å². The molecule has 1 aliphatic heterocycles. The number of imide groups is 2. The van der Waals surface area contributed by atoms with Crippen LogP contribution in [0.4, 0.5) is 66.3 Å². The first-order valence-corrected chi connectivity index (χ1v) is 12.0. The number of ether oxygens (including phenoxy) is 2. The van der Waals surface area contributed by atoms with Crippen LogP contribution in [0.15, 0.2) is 0 Å². The summed E-state index contributed by atoms with van der Waals surface area (Å²) in [5.74, 6) is -40.3. The molecule has 0 N–H and O–H groups in total. The first-order chi connectivity index (χ1) is 19.9. The fourth-order valence-corrected chi connectivity index (χ4v) is 4.16. The Balaban J connectivity index is 3.76. The number of alkyl halides is 14.